The molecule has 2 rings (SSSR count). The number of fused-ring (bicyclic) bond motifs is 1. The van der Waals surface area contributed by atoms with Crippen LogP contribution >= 0.6 is 0 Å². The average Bonchev–Trinajstić information content (AvgIpc) is 2.43. The van der Waals surface area contributed by atoms with Crippen LogP contribution in [0.25, 0.3) is 10.9 Å². The Morgan fingerprint density at radius 3 is 2.89 bits per heavy atom. The second-order valence-electron chi connectivity index (χ2n) is 4.39. The smallest absolute Gasteiger partial charge is 0.165 e. The predicted molar refractivity (Wildman–Crippen MR) is 71.8 cm³/mol. The molecule has 0 aliphatic heterocycles. The van der Waals surface area contributed by atoms with E-state index in [1.807, 2.05) is 37.3 Å². The van der Waals surface area contributed by atoms with E-state index in [4.69, 9.17) is 4.74 Å². The van der Waals surface area contributed by atoms with Crippen molar-refractivity contribution in [2.75, 3.05) is 7.11 Å². The van der Waals surface area contributed by atoms with Crippen LogP contribution < -0.4 is 0 Å². The molecule has 0 saturated heterocycles. The molecule has 1 heterocycles. The van der Waals surface area contributed by atoms with Gasteiger partial charge in [0.25, 0.3) is 0 Å². The molecule has 0 bridgehead atoms. The van der Waals surface area contributed by atoms with E-state index in [1.165, 1.54) is 0 Å². The number of benzene rings is 1. The van der Waals surface area contributed by atoms with Crippen molar-refractivity contribution in [2.24, 2.45) is 0 Å². The molecule has 0 aliphatic carbocycles. The van der Waals surface area contributed by atoms with Crippen molar-refractivity contribution >= 4 is 16.7 Å². The van der Waals surface area contributed by atoms with Crippen LogP contribution in [0.1, 0.15) is 30.1 Å². The van der Waals surface area contributed by atoms with Crippen LogP contribution in [-0.4, -0.2) is 24.0 Å². The Kier molecular flexibility index (Phi) is 4.05. The van der Waals surface area contributed by atoms with Gasteiger partial charge >= 0.3 is 0 Å². The van der Waals surface area contributed by atoms with Gasteiger partial charge < -0.3 is 4.74 Å². The number of hydrogen-bond donors (Lipinski definition) is 0. The molecule has 3 nitrogen and oxygen atoms in total. The van der Waals surface area contributed by atoms with Gasteiger partial charge in [0.15, 0.2) is 5.78 Å². The van der Waals surface area contributed by atoms with Gasteiger partial charge in [0.1, 0.15) is 0 Å². The maximum absolute atomic E-state index is 12.2. The monoisotopic (exact) mass is 243 g/mol. The van der Waals surface area contributed by atoms with E-state index in [0.29, 0.717) is 12.0 Å². The van der Waals surface area contributed by atoms with Gasteiger partial charge in [0.05, 0.1) is 11.6 Å². The zero-order valence-corrected chi connectivity index (χ0v) is 10.7. The first-order valence-corrected chi connectivity index (χ1v) is 6.12. The third-order valence-electron chi connectivity index (χ3n) is 3.11. The maximum atomic E-state index is 12.2. The van der Waals surface area contributed by atoms with Crippen molar-refractivity contribution in [3.63, 3.8) is 0 Å². The Bertz CT molecular complexity index is 546. The summed E-state index contributed by atoms with van der Waals surface area (Å²) in [7, 11) is 1.66. The third kappa shape index (κ3) is 2.74. The van der Waals surface area contributed by atoms with Gasteiger partial charge in [-0.05, 0) is 25.5 Å². The molecule has 0 saturated carbocycles. The molecule has 94 valence electrons. The molecule has 1 aromatic heterocycles. The molecule has 1 unspecified atom stereocenters. The van der Waals surface area contributed by atoms with Crippen LogP contribution in [0.5, 0.6) is 0 Å². The topological polar surface area (TPSA) is 39.2 Å². The van der Waals surface area contributed by atoms with Crippen molar-refractivity contribution in [1.82, 2.24) is 4.98 Å². The van der Waals surface area contributed by atoms with Crippen molar-refractivity contribution in [2.45, 2.75) is 25.9 Å². The summed E-state index contributed by atoms with van der Waals surface area (Å²) in [5.41, 5.74) is 1.49. The number of para-hydroxylation sites is 1. The van der Waals surface area contributed by atoms with Gasteiger partial charge in [0.2, 0.25) is 0 Å². The van der Waals surface area contributed by atoms with Crippen molar-refractivity contribution in [1.29, 1.82) is 0 Å². The molecule has 0 spiro atoms. The second-order valence-corrected chi connectivity index (χ2v) is 4.39. The molecule has 0 radical (unpaired) electrons. The number of ether oxygens (including phenoxy) is 1. The van der Waals surface area contributed by atoms with Crippen LogP contribution in [-0.2, 0) is 4.74 Å². The molecule has 0 N–H and O–H groups in total. The molecule has 3 heteroatoms. The van der Waals surface area contributed by atoms with Crippen molar-refractivity contribution in [3.8, 4) is 0 Å². The largest absolute Gasteiger partial charge is 0.382 e. The van der Waals surface area contributed by atoms with E-state index < -0.39 is 0 Å². The minimum atomic E-state index is 0.108. The molecular weight excluding hydrogens is 226 g/mol. The molecule has 1 aromatic carbocycles. The van der Waals surface area contributed by atoms with E-state index in [9.17, 15) is 4.79 Å². The lowest BCUT2D eigenvalue weighted by molar-refractivity contribution is 0.0879. The summed E-state index contributed by atoms with van der Waals surface area (Å²) in [6.07, 6.45) is 3.05. The Morgan fingerprint density at radius 2 is 2.11 bits per heavy atom. The molecule has 2 aromatic rings. The first kappa shape index (κ1) is 12.7. The summed E-state index contributed by atoms with van der Waals surface area (Å²) < 4.78 is 5.16. The van der Waals surface area contributed by atoms with E-state index in [-0.39, 0.29) is 11.9 Å². The summed E-state index contributed by atoms with van der Waals surface area (Å²) in [6, 6.07) is 9.56. The number of rotatable bonds is 5. The van der Waals surface area contributed by atoms with Crippen LogP contribution in [0.2, 0.25) is 0 Å². The number of nitrogens with zero attached hydrogens (tertiary/aromatic N) is 1. The number of methoxy groups -OCH3 is 1. The number of carbonyl (C=O) groups is 1. The standard InChI is InChI=1S/C15H17NO2/c1-11(18-2)8-9-14(17)13-7-3-5-12-6-4-10-16-15(12)13/h3-7,10-11H,8-9H2,1-2H3. The van der Waals surface area contributed by atoms with Gasteiger partial charge in [-0.25, -0.2) is 0 Å². The van der Waals surface area contributed by atoms with Gasteiger partial charge in [-0.1, -0.05) is 18.2 Å². The lowest BCUT2D eigenvalue weighted by Gasteiger charge is -2.09. The van der Waals surface area contributed by atoms with Gasteiger partial charge in [-0.3, -0.25) is 9.78 Å². The fourth-order valence-corrected chi connectivity index (χ4v) is 1.92. The quantitative estimate of drug-likeness (QED) is 0.757. The minimum absolute atomic E-state index is 0.108. The molecule has 0 aliphatic rings. The average molecular weight is 243 g/mol. The fraction of sp³-hybridized carbons (Fsp3) is 0.333. The fourth-order valence-electron chi connectivity index (χ4n) is 1.92. The van der Waals surface area contributed by atoms with Crippen LogP contribution in [0.15, 0.2) is 36.5 Å². The highest BCUT2D eigenvalue weighted by Gasteiger charge is 2.12. The lowest BCUT2D eigenvalue weighted by Crippen LogP contribution is -2.09. The molecular formula is C15H17NO2. The molecule has 0 fully saturated rings. The summed E-state index contributed by atoms with van der Waals surface area (Å²) in [4.78, 5) is 16.5. The minimum Gasteiger partial charge on any atom is -0.382 e. The van der Waals surface area contributed by atoms with Gasteiger partial charge in [-0.2, -0.15) is 0 Å². The second kappa shape index (κ2) is 5.74. The highest BCUT2D eigenvalue weighted by Crippen LogP contribution is 2.18. The van der Waals surface area contributed by atoms with Crippen LogP contribution in [0.4, 0.5) is 0 Å². The lowest BCUT2D eigenvalue weighted by atomic mass is 10.0. The highest BCUT2D eigenvalue weighted by atomic mass is 16.5. The molecule has 18 heavy (non-hydrogen) atoms. The number of carbonyl (C=O) groups excluding carboxylic acids is 1. The number of ketones is 1. The number of hydrogen-bond acceptors (Lipinski definition) is 3. The summed E-state index contributed by atoms with van der Waals surface area (Å²) >= 11 is 0. The van der Waals surface area contributed by atoms with Crippen LogP contribution in [0.3, 0.4) is 0 Å². The first-order chi connectivity index (χ1) is 8.72. The van der Waals surface area contributed by atoms with E-state index in [2.05, 4.69) is 4.98 Å². The molecule has 0 amide bonds. The van der Waals surface area contributed by atoms with E-state index in [0.717, 1.165) is 17.3 Å². The van der Waals surface area contributed by atoms with Crippen molar-refractivity contribution in [3.05, 3.63) is 42.1 Å². The predicted octanol–water partition coefficient (Wildman–Crippen LogP) is 3.23. The highest BCUT2D eigenvalue weighted by molar-refractivity contribution is 6.06. The third-order valence-corrected chi connectivity index (χ3v) is 3.11. The number of Topliss-reactive ketones (excluding diaryl/α,β-unsaturated/α-hetero) is 1. The Hall–Kier alpha value is -1.74. The zero-order chi connectivity index (χ0) is 13.0. The number of aromatic nitrogens is 1. The van der Waals surface area contributed by atoms with Crippen LogP contribution in [0, 0.1) is 0 Å². The van der Waals surface area contributed by atoms with E-state index in [1.54, 1.807) is 13.3 Å². The zero-order valence-electron chi connectivity index (χ0n) is 10.7. The first-order valence-electron chi connectivity index (χ1n) is 6.12. The normalized spacial score (nSPS) is 12.6. The van der Waals surface area contributed by atoms with Gasteiger partial charge in [-0.15, -0.1) is 0 Å². The Morgan fingerprint density at radius 1 is 1.33 bits per heavy atom. The van der Waals surface area contributed by atoms with Gasteiger partial charge in [0, 0.05) is 30.7 Å². The van der Waals surface area contributed by atoms with E-state index >= 15 is 0 Å². The van der Waals surface area contributed by atoms with Crippen molar-refractivity contribution < 1.29 is 9.53 Å². The molecule has 1 atom stereocenters. The summed E-state index contributed by atoms with van der Waals surface area (Å²) in [6.45, 7) is 1.97. The summed E-state index contributed by atoms with van der Waals surface area (Å²) in [5, 5.41) is 1.00. The maximum Gasteiger partial charge on any atom is 0.165 e. The Balaban J connectivity index is 2.22. The Labute approximate surface area is 107 Å². The summed E-state index contributed by atoms with van der Waals surface area (Å²) in [5.74, 6) is 0.128. The number of pyridine rings is 1. The SMILES string of the molecule is COC(C)CCC(=O)c1cccc2cccnc12.